The number of rotatable bonds is 7. The molecule has 0 radical (unpaired) electrons. The molecule has 1 atom stereocenters. The van der Waals surface area contributed by atoms with Crippen molar-refractivity contribution in [3.8, 4) is 23.8 Å². The van der Waals surface area contributed by atoms with Crippen LogP contribution < -0.4 is 14.8 Å². The van der Waals surface area contributed by atoms with E-state index in [1.54, 1.807) is 35.7 Å². The van der Waals surface area contributed by atoms with Gasteiger partial charge in [-0.05, 0) is 43.7 Å². The fraction of sp³-hybridized carbons (Fsp3) is 0.240. The second-order valence-corrected chi connectivity index (χ2v) is 10.4. The minimum Gasteiger partial charge on any atom is -0.490 e. The molecule has 0 saturated carbocycles. The molecule has 33 heavy (non-hydrogen) atoms. The number of anilines is 1. The smallest absolute Gasteiger partial charge is 0.225 e. The van der Waals surface area contributed by atoms with Gasteiger partial charge < -0.3 is 14.8 Å². The lowest BCUT2D eigenvalue weighted by atomic mass is 9.90. The van der Waals surface area contributed by atoms with Crippen molar-refractivity contribution >= 4 is 32.8 Å². The SMILES string of the molecule is C#CCOc1ccc(C2CC(=O)Nc3c(S(=O)(=O)c4ccc(C)cc4)csc32)cc1OCC. The Bertz CT molecular complexity index is 1330. The molecule has 1 N–H and O–H groups in total. The molecule has 4 rings (SSSR count). The molecule has 0 bridgehead atoms. The second kappa shape index (κ2) is 9.30. The molecular weight excluding hydrogens is 458 g/mol. The number of hydrogen-bond acceptors (Lipinski definition) is 6. The van der Waals surface area contributed by atoms with Crippen molar-refractivity contribution in [3.05, 3.63) is 63.8 Å². The maximum atomic E-state index is 13.3. The van der Waals surface area contributed by atoms with E-state index in [4.69, 9.17) is 15.9 Å². The van der Waals surface area contributed by atoms with Crippen LogP contribution in [0.4, 0.5) is 5.69 Å². The molecule has 1 aliphatic heterocycles. The predicted molar refractivity (Wildman–Crippen MR) is 128 cm³/mol. The highest BCUT2D eigenvalue weighted by molar-refractivity contribution is 7.91. The Balaban J connectivity index is 1.76. The van der Waals surface area contributed by atoms with Gasteiger partial charge in [-0.1, -0.05) is 29.7 Å². The minimum atomic E-state index is -3.78. The molecule has 3 aromatic rings. The van der Waals surface area contributed by atoms with Gasteiger partial charge in [-0.25, -0.2) is 8.42 Å². The maximum Gasteiger partial charge on any atom is 0.225 e. The van der Waals surface area contributed by atoms with E-state index in [2.05, 4.69) is 11.2 Å². The first-order valence-corrected chi connectivity index (χ1v) is 12.8. The summed E-state index contributed by atoms with van der Waals surface area (Å²) in [5.74, 6) is 2.94. The number of amides is 1. The van der Waals surface area contributed by atoms with Gasteiger partial charge >= 0.3 is 0 Å². The van der Waals surface area contributed by atoms with E-state index < -0.39 is 9.84 Å². The topological polar surface area (TPSA) is 81.7 Å². The molecule has 8 heteroatoms. The second-order valence-electron chi connectivity index (χ2n) is 7.59. The monoisotopic (exact) mass is 481 g/mol. The van der Waals surface area contributed by atoms with Crippen molar-refractivity contribution in [2.24, 2.45) is 0 Å². The Morgan fingerprint density at radius 3 is 2.61 bits per heavy atom. The van der Waals surface area contributed by atoms with Crippen molar-refractivity contribution in [2.75, 3.05) is 18.5 Å². The molecule has 2 aromatic carbocycles. The largest absolute Gasteiger partial charge is 0.490 e. The molecular formula is C25H23NO5S2. The molecule has 1 aliphatic rings. The first kappa shape index (κ1) is 22.9. The average molecular weight is 482 g/mol. The van der Waals surface area contributed by atoms with E-state index in [1.807, 2.05) is 26.0 Å². The van der Waals surface area contributed by atoms with Crippen LogP contribution in [0.25, 0.3) is 0 Å². The average Bonchev–Trinajstić information content (AvgIpc) is 3.23. The normalized spacial score (nSPS) is 15.3. The molecule has 1 aromatic heterocycles. The van der Waals surface area contributed by atoms with Crippen LogP contribution in [0.5, 0.6) is 11.5 Å². The van der Waals surface area contributed by atoms with Gasteiger partial charge in [0.25, 0.3) is 0 Å². The first-order valence-electron chi connectivity index (χ1n) is 10.4. The molecule has 6 nitrogen and oxygen atoms in total. The summed E-state index contributed by atoms with van der Waals surface area (Å²) in [6.45, 7) is 4.31. The maximum absolute atomic E-state index is 13.3. The number of carbonyl (C=O) groups is 1. The van der Waals surface area contributed by atoms with Crippen LogP contribution in [-0.4, -0.2) is 27.5 Å². The van der Waals surface area contributed by atoms with Gasteiger partial charge in [-0.3, -0.25) is 4.79 Å². The minimum absolute atomic E-state index is 0.112. The quantitative estimate of drug-likeness (QED) is 0.492. The van der Waals surface area contributed by atoms with Crippen molar-refractivity contribution in [2.45, 2.75) is 36.0 Å². The number of terminal acetylenes is 1. The van der Waals surface area contributed by atoms with Gasteiger partial charge in [0.05, 0.1) is 17.2 Å². The van der Waals surface area contributed by atoms with E-state index in [0.29, 0.717) is 23.8 Å². The summed E-state index contributed by atoms with van der Waals surface area (Å²) in [5.41, 5.74) is 2.16. The van der Waals surface area contributed by atoms with E-state index in [9.17, 15) is 13.2 Å². The third-order valence-corrected chi connectivity index (χ3v) is 8.40. The molecule has 1 unspecified atom stereocenters. The van der Waals surface area contributed by atoms with E-state index in [1.165, 1.54) is 11.3 Å². The van der Waals surface area contributed by atoms with E-state index in [0.717, 1.165) is 16.0 Å². The highest BCUT2D eigenvalue weighted by Gasteiger charge is 2.34. The Kier molecular flexibility index (Phi) is 6.45. The number of fused-ring (bicyclic) bond motifs is 1. The fourth-order valence-electron chi connectivity index (χ4n) is 3.76. The highest BCUT2D eigenvalue weighted by Crippen LogP contribution is 2.47. The van der Waals surface area contributed by atoms with Gasteiger partial charge in [0.2, 0.25) is 15.7 Å². The summed E-state index contributed by atoms with van der Waals surface area (Å²) in [6.07, 6.45) is 5.50. The first-order chi connectivity index (χ1) is 15.8. The van der Waals surface area contributed by atoms with E-state index >= 15 is 0 Å². The summed E-state index contributed by atoms with van der Waals surface area (Å²) in [6, 6.07) is 12.1. The van der Waals surface area contributed by atoms with Crippen molar-refractivity contribution in [1.29, 1.82) is 0 Å². The summed E-state index contributed by atoms with van der Waals surface area (Å²) in [4.78, 5) is 13.7. The lowest BCUT2D eigenvalue weighted by Gasteiger charge is -2.24. The number of nitrogens with one attached hydrogen (secondary N) is 1. The summed E-state index contributed by atoms with van der Waals surface area (Å²) < 4.78 is 37.9. The third-order valence-electron chi connectivity index (χ3n) is 5.36. The fourth-order valence-corrected chi connectivity index (χ4v) is 6.67. The summed E-state index contributed by atoms with van der Waals surface area (Å²) >= 11 is 1.33. The lowest BCUT2D eigenvalue weighted by molar-refractivity contribution is -0.116. The summed E-state index contributed by atoms with van der Waals surface area (Å²) in [7, 11) is -3.78. The number of sulfone groups is 1. The summed E-state index contributed by atoms with van der Waals surface area (Å²) in [5, 5.41) is 4.39. The van der Waals surface area contributed by atoms with Crippen LogP contribution in [0.1, 0.15) is 35.3 Å². The number of benzene rings is 2. The molecule has 0 spiro atoms. The Labute approximate surface area is 197 Å². The van der Waals surface area contributed by atoms with Crippen LogP contribution in [0.3, 0.4) is 0 Å². The Morgan fingerprint density at radius 1 is 1.15 bits per heavy atom. The third kappa shape index (κ3) is 4.47. The molecule has 2 heterocycles. The molecule has 0 fully saturated rings. The predicted octanol–water partition coefficient (Wildman–Crippen LogP) is 4.77. The van der Waals surface area contributed by atoms with Crippen LogP contribution in [-0.2, 0) is 14.6 Å². The highest BCUT2D eigenvalue weighted by atomic mass is 32.2. The number of carbonyl (C=O) groups excluding carboxylic acids is 1. The van der Waals surface area contributed by atoms with Crippen LogP contribution in [0.15, 0.2) is 57.6 Å². The lowest BCUT2D eigenvalue weighted by Crippen LogP contribution is -2.23. The van der Waals surface area contributed by atoms with Crippen molar-refractivity contribution in [3.63, 3.8) is 0 Å². The zero-order valence-electron chi connectivity index (χ0n) is 18.3. The van der Waals surface area contributed by atoms with Gasteiger partial charge in [-0.2, -0.15) is 0 Å². The Morgan fingerprint density at radius 2 is 1.91 bits per heavy atom. The zero-order chi connectivity index (χ0) is 23.6. The van der Waals surface area contributed by atoms with Crippen molar-refractivity contribution in [1.82, 2.24) is 0 Å². The van der Waals surface area contributed by atoms with Gasteiger partial charge in [-0.15, -0.1) is 17.8 Å². The molecule has 1 amide bonds. The molecule has 0 saturated heterocycles. The number of ether oxygens (including phenoxy) is 2. The molecule has 0 aliphatic carbocycles. The van der Waals surface area contributed by atoms with Gasteiger partial charge in [0, 0.05) is 22.6 Å². The van der Waals surface area contributed by atoms with E-state index in [-0.39, 0.29) is 34.6 Å². The van der Waals surface area contributed by atoms with Gasteiger partial charge in [0.1, 0.15) is 11.5 Å². The standard InChI is InChI=1S/C25H23NO5S2/c1-4-12-31-20-11-8-17(13-21(20)30-5-2)19-14-23(27)26-24-22(15-32-25(19)24)33(28,29)18-9-6-16(3)7-10-18/h1,6-11,13,15,19H,5,12,14H2,2-3H3,(H,26,27). The number of aryl methyl sites for hydroxylation is 1. The van der Waals surface area contributed by atoms with Crippen LogP contribution in [0, 0.1) is 19.3 Å². The zero-order valence-corrected chi connectivity index (χ0v) is 19.9. The number of hydrogen-bond donors (Lipinski definition) is 1. The molecule has 170 valence electrons. The number of thiophene rings is 1. The van der Waals surface area contributed by atoms with Crippen LogP contribution >= 0.6 is 11.3 Å². The van der Waals surface area contributed by atoms with Crippen molar-refractivity contribution < 1.29 is 22.7 Å². The van der Waals surface area contributed by atoms with Crippen LogP contribution in [0.2, 0.25) is 0 Å². The Hall–Kier alpha value is -3.28. The van der Waals surface area contributed by atoms with Gasteiger partial charge in [0.15, 0.2) is 11.5 Å².